The Morgan fingerprint density at radius 2 is 1.41 bits per heavy atom. The van der Waals surface area contributed by atoms with Crippen LogP contribution in [0.25, 0.3) is 0 Å². The summed E-state index contributed by atoms with van der Waals surface area (Å²) in [6, 6.07) is 22.3. The lowest BCUT2D eigenvalue weighted by molar-refractivity contribution is 0.268. The molecule has 1 heterocycles. The summed E-state index contributed by atoms with van der Waals surface area (Å²) in [5, 5.41) is 5.18. The summed E-state index contributed by atoms with van der Waals surface area (Å²) in [5.74, 6) is 1.64. The van der Waals surface area contributed by atoms with Crippen LogP contribution in [0.5, 0.6) is 5.75 Å². The third-order valence-electron chi connectivity index (χ3n) is 6.91. The van der Waals surface area contributed by atoms with E-state index in [1.54, 1.807) is 0 Å². The van der Waals surface area contributed by atoms with Crippen LogP contribution in [0.4, 0.5) is 0 Å². The molecule has 0 fully saturated rings. The number of amidine groups is 1. The second-order valence-electron chi connectivity index (χ2n) is 10.2. The molecule has 5 heteroatoms. The molecule has 1 N–H and O–H groups in total. The van der Waals surface area contributed by atoms with E-state index in [2.05, 4.69) is 82.4 Å². The summed E-state index contributed by atoms with van der Waals surface area (Å²) in [5.41, 5.74) is 3.22. The molecule has 0 saturated carbocycles. The van der Waals surface area contributed by atoms with Crippen molar-refractivity contribution < 1.29 is 4.74 Å². The van der Waals surface area contributed by atoms with E-state index in [1.807, 2.05) is 31.2 Å². The molecular formula is C29H32Cl2N2O. The number of aliphatic imine (C=N–C) groups is 1. The Kier molecular flexibility index (Phi) is 6.48. The third-order valence-corrected chi connectivity index (χ3v) is 7.41. The molecule has 178 valence electrons. The Morgan fingerprint density at radius 1 is 0.853 bits per heavy atom. The van der Waals surface area contributed by atoms with Gasteiger partial charge in [-0.2, -0.15) is 0 Å². The van der Waals surface area contributed by atoms with Crippen LogP contribution in [0.3, 0.4) is 0 Å². The fraction of sp³-hybridized carbons (Fsp3) is 0.345. The predicted molar refractivity (Wildman–Crippen MR) is 144 cm³/mol. The van der Waals surface area contributed by atoms with Crippen LogP contribution in [0.2, 0.25) is 10.0 Å². The van der Waals surface area contributed by atoms with Gasteiger partial charge in [0.25, 0.3) is 0 Å². The largest absolute Gasteiger partial charge is 0.493 e. The zero-order valence-electron chi connectivity index (χ0n) is 20.7. The first-order valence-corrected chi connectivity index (χ1v) is 12.4. The minimum Gasteiger partial charge on any atom is -0.493 e. The van der Waals surface area contributed by atoms with Crippen molar-refractivity contribution in [1.29, 1.82) is 0 Å². The van der Waals surface area contributed by atoms with Gasteiger partial charge in [0.15, 0.2) is 0 Å². The van der Waals surface area contributed by atoms with E-state index in [4.69, 9.17) is 32.9 Å². The van der Waals surface area contributed by atoms with E-state index in [-0.39, 0.29) is 5.41 Å². The fourth-order valence-corrected chi connectivity index (χ4v) is 4.82. The molecule has 4 rings (SSSR count). The van der Waals surface area contributed by atoms with Gasteiger partial charge in [0.1, 0.15) is 17.1 Å². The summed E-state index contributed by atoms with van der Waals surface area (Å²) in [7, 11) is 0. The fourth-order valence-electron chi connectivity index (χ4n) is 4.57. The maximum Gasteiger partial charge on any atom is 0.133 e. The molecule has 0 radical (unpaired) electrons. The standard InChI is InChI=1S/C29H32Cl2N2O/c1-7-34-25-18-21(27(2,3)4)12-17-24(25)26-32-28(5,19-8-13-22(30)14-9-19)29(6,33-26)20-10-15-23(31)16-11-20/h8-18H,7H2,1-6H3,(H,32,33)/t28-,29-/m1/s1. The molecule has 0 amide bonds. The van der Waals surface area contributed by atoms with E-state index < -0.39 is 11.1 Å². The zero-order chi connectivity index (χ0) is 24.7. The first-order chi connectivity index (χ1) is 16.0. The number of halogens is 2. The molecule has 2 atom stereocenters. The second-order valence-corrected chi connectivity index (χ2v) is 11.1. The highest BCUT2D eigenvalue weighted by Crippen LogP contribution is 2.48. The van der Waals surface area contributed by atoms with Crippen LogP contribution >= 0.6 is 23.2 Å². The van der Waals surface area contributed by atoms with Gasteiger partial charge in [0, 0.05) is 10.0 Å². The lowest BCUT2D eigenvalue weighted by atomic mass is 9.72. The van der Waals surface area contributed by atoms with Gasteiger partial charge in [-0.05, 0) is 79.3 Å². The number of hydrogen-bond acceptors (Lipinski definition) is 3. The number of nitrogens with zero attached hydrogens (tertiary/aromatic N) is 1. The summed E-state index contributed by atoms with van der Waals surface area (Å²) < 4.78 is 6.11. The molecular weight excluding hydrogens is 463 g/mol. The van der Waals surface area contributed by atoms with Crippen molar-refractivity contribution in [3.8, 4) is 5.75 Å². The molecule has 1 aliphatic heterocycles. The van der Waals surface area contributed by atoms with Crippen LogP contribution in [-0.2, 0) is 16.5 Å². The molecule has 3 aromatic carbocycles. The van der Waals surface area contributed by atoms with Crippen molar-refractivity contribution in [3.05, 3.63) is 99.0 Å². The van der Waals surface area contributed by atoms with Crippen LogP contribution in [0, 0.1) is 0 Å². The molecule has 3 nitrogen and oxygen atoms in total. The Bertz CT molecular complexity index is 1210. The molecule has 0 aromatic heterocycles. The van der Waals surface area contributed by atoms with E-state index in [0.29, 0.717) is 16.7 Å². The second kappa shape index (κ2) is 8.94. The first kappa shape index (κ1) is 24.6. The van der Waals surface area contributed by atoms with Crippen LogP contribution in [0.1, 0.15) is 63.8 Å². The van der Waals surface area contributed by atoms with Crippen molar-refractivity contribution in [1.82, 2.24) is 5.32 Å². The Hall–Kier alpha value is -2.49. The highest BCUT2D eigenvalue weighted by molar-refractivity contribution is 6.30. The molecule has 0 saturated heterocycles. The average molecular weight is 495 g/mol. The maximum absolute atomic E-state index is 6.22. The van der Waals surface area contributed by atoms with Crippen molar-refractivity contribution in [2.24, 2.45) is 4.99 Å². The number of ether oxygens (including phenoxy) is 1. The number of rotatable bonds is 5. The number of hydrogen-bond donors (Lipinski definition) is 1. The van der Waals surface area contributed by atoms with Gasteiger partial charge in [-0.3, -0.25) is 4.99 Å². The quantitative estimate of drug-likeness (QED) is 0.391. The maximum atomic E-state index is 6.22. The lowest BCUT2D eigenvalue weighted by Crippen LogP contribution is -2.50. The van der Waals surface area contributed by atoms with Crippen LogP contribution in [-0.4, -0.2) is 12.4 Å². The summed E-state index contributed by atoms with van der Waals surface area (Å²) in [6.45, 7) is 13.6. The molecule has 3 aromatic rings. The molecule has 0 unspecified atom stereocenters. The van der Waals surface area contributed by atoms with E-state index in [0.717, 1.165) is 28.3 Å². The van der Waals surface area contributed by atoms with Crippen molar-refractivity contribution >= 4 is 29.0 Å². The van der Waals surface area contributed by atoms with E-state index in [9.17, 15) is 0 Å². The Labute approximate surface area is 213 Å². The lowest BCUT2D eigenvalue weighted by Gasteiger charge is -2.40. The molecule has 0 spiro atoms. The molecule has 34 heavy (non-hydrogen) atoms. The number of nitrogens with one attached hydrogen (secondary N) is 1. The average Bonchev–Trinajstić information content (AvgIpc) is 3.06. The molecule has 1 aliphatic rings. The first-order valence-electron chi connectivity index (χ1n) is 11.7. The highest BCUT2D eigenvalue weighted by Gasteiger charge is 2.52. The molecule has 0 bridgehead atoms. The van der Waals surface area contributed by atoms with Crippen molar-refractivity contribution in [2.75, 3.05) is 6.61 Å². The van der Waals surface area contributed by atoms with Gasteiger partial charge >= 0.3 is 0 Å². The van der Waals surface area contributed by atoms with Gasteiger partial charge in [-0.15, -0.1) is 0 Å². The van der Waals surface area contributed by atoms with E-state index >= 15 is 0 Å². The summed E-state index contributed by atoms with van der Waals surface area (Å²) in [4.78, 5) is 5.33. The van der Waals surface area contributed by atoms with Gasteiger partial charge in [0.2, 0.25) is 0 Å². The monoisotopic (exact) mass is 494 g/mol. The molecule has 0 aliphatic carbocycles. The van der Waals surface area contributed by atoms with Gasteiger partial charge in [0.05, 0.1) is 17.7 Å². The van der Waals surface area contributed by atoms with Gasteiger partial charge in [-0.25, -0.2) is 0 Å². The number of benzene rings is 3. The minimum atomic E-state index is -0.604. The smallest absolute Gasteiger partial charge is 0.133 e. The Morgan fingerprint density at radius 3 is 1.94 bits per heavy atom. The minimum absolute atomic E-state index is 0.0188. The van der Waals surface area contributed by atoms with E-state index in [1.165, 1.54) is 5.56 Å². The Balaban J connectivity index is 1.90. The van der Waals surface area contributed by atoms with Gasteiger partial charge in [-0.1, -0.05) is 74.3 Å². The predicted octanol–water partition coefficient (Wildman–Crippen LogP) is 7.87. The summed E-state index contributed by atoms with van der Waals surface area (Å²) >= 11 is 12.4. The summed E-state index contributed by atoms with van der Waals surface area (Å²) in [6.07, 6.45) is 0. The van der Waals surface area contributed by atoms with Crippen LogP contribution in [0.15, 0.2) is 71.7 Å². The van der Waals surface area contributed by atoms with Crippen molar-refractivity contribution in [3.63, 3.8) is 0 Å². The van der Waals surface area contributed by atoms with Crippen molar-refractivity contribution in [2.45, 2.75) is 58.0 Å². The zero-order valence-corrected chi connectivity index (χ0v) is 22.2. The third kappa shape index (κ3) is 4.32. The highest BCUT2D eigenvalue weighted by atomic mass is 35.5. The topological polar surface area (TPSA) is 33.6 Å². The van der Waals surface area contributed by atoms with Crippen LogP contribution < -0.4 is 10.1 Å². The SMILES string of the molecule is CCOc1cc(C(C)(C)C)ccc1C1=N[C@](C)(c2ccc(Cl)cc2)[C@@](C)(c2ccc(Cl)cc2)N1. The normalized spacial score (nSPS) is 22.3. The van der Waals surface area contributed by atoms with Gasteiger partial charge < -0.3 is 10.1 Å².